The molecule has 0 aliphatic carbocycles. The molecule has 2 rings (SSSR count). The Labute approximate surface area is 112 Å². The van der Waals surface area contributed by atoms with Gasteiger partial charge >= 0.3 is 0 Å². The molecule has 1 aromatic rings. The summed E-state index contributed by atoms with van der Waals surface area (Å²) in [5.41, 5.74) is 7.51. The maximum atomic E-state index is 6.18. The van der Waals surface area contributed by atoms with Gasteiger partial charge in [-0.3, -0.25) is 4.90 Å². The molecule has 1 aromatic carbocycles. The molecular formula is C14H21BrN2. The minimum Gasteiger partial charge on any atom is -0.326 e. The number of hydrogen-bond donors (Lipinski definition) is 1. The van der Waals surface area contributed by atoms with Crippen LogP contribution in [0.5, 0.6) is 0 Å². The molecule has 3 heteroatoms. The standard InChI is InChI=1S/C14H21BrN2/c1-10-7-8-17(9-10)14(11(2)16)12-3-5-13(15)6-4-12/h3-6,10-11,14H,7-9,16H2,1-2H3. The number of halogens is 1. The molecule has 1 aliphatic heterocycles. The van der Waals surface area contributed by atoms with Crippen LogP contribution in [0.25, 0.3) is 0 Å². The average molecular weight is 297 g/mol. The van der Waals surface area contributed by atoms with E-state index in [1.165, 1.54) is 25.1 Å². The summed E-state index contributed by atoms with van der Waals surface area (Å²) in [4.78, 5) is 2.53. The average Bonchev–Trinajstić information content (AvgIpc) is 2.68. The molecule has 0 spiro atoms. The van der Waals surface area contributed by atoms with E-state index >= 15 is 0 Å². The van der Waals surface area contributed by atoms with Crippen LogP contribution < -0.4 is 5.73 Å². The molecule has 2 N–H and O–H groups in total. The Morgan fingerprint density at radius 2 is 2.00 bits per heavy atom. The Morgan fingerprint density at radius 1 is 1.35 bits per heavy atom. The molecule has 0 aromatic heterocycles. The number of likely N-dealkylation sites (tertiary alicyclic amines) is 1. The Kier molecular flexibility index (Phi) is 4.23. The van der Waals surface area contributed by atoms with Crippen LogP contribution in [0.3, 0.4) is 0 Å². The molecule has 1 aliphatic rings. The molecule has 2 nitrogen and oxygen atoms in total. The van der Waals surface area contributed by atoms with Gasteiger partial charge in [0.1, 0.15) is 0 Å². The fourth-order valence-corrected chi connectivity index (χ4v) is 2.99. The van der Waals surface area contributed by atoms with Crippen LogP contribution in [-0.2, 0) is 0 Å². The molecule has 94 valence electrons. The van der Waals surface area contributed by atoms with Crippen molar-refractivity contribution in [3.8, 4) is 0 Å². The van der Waals surface area contributed by atoms with Crippen molar-refractivity contribution < 1.29 is 0 Å². The van der Waals surface area contributed by atoms with Gasteiger partial charge in [-0.05, 0) is 43.5 Å². The monoisotopic (exact) mass is 296 g/mol. The SMILES string of the molecule is CC1CCN(C(c2ccc(Br)cc2)C(C)N)C1. The Bertz CT molecular complexity index is 361. The summed E-state index contributed by atoms with van der Waals surface area (Å²) in [7, 11) is 0. The summed E-state index contributed by atoms with van der Waals surface area (Å²) >= 11 is 3.48. The van der Waals surface area contributed by atoms with Crippen molar-refractivity contribution in [1.29, 1.82) is 0 Å². The van der Waals surface area contributed by atoms with Crippen LogP contribution in [0.4, 0.5) is 0 Å². The molecule has 1 heterocycles. The lowest BCUT2D eigenvalue weighted by atomic mass is 9.99. The van der Waals surface area contributed by atoms with Crippen LogP contribution in [0.1, 0.15) is 31.9 Å². The molecule has 0 amide bonds. The van der Waals surface area contributed by atoms with E-state index in [0.29, 0.717) is 6.04 Å². The van der Waals surface area contributed by atoms with Gasteiger partial charge in [-0.25, -0.2) is 0 Å². The number of benzene rings is 1. The fraction of sp³-hybridized carbons (Fsp3) is 0.571. The molecule has 0 radical (unpaired) electrons. The van der Waals surface area contributed by atoms with Crippen LogP contribution in [0.15, 0.2) is 28.7 Å². The number of hydrogen-bond acceptors (Lipinski definition) is 2. The van der Waals surface area contributed by atoms with Crippen molar-refractivity contribution in [1.82, 2.24) is 4.90 Å². The summed E-state index contributed by atoms with van der Waals surface area (Å²) in [5, 5.41) is 0. The van der Waals surface area contributed by atoms with Gasteiger partial charge in [0.15, 0.2) is 0 Å². The van der Waals surface area contributed by atoms with E-state index in [0.717, 1.165) is 10.4 Å². The van der Waals surface area contributed by atoms with Gasteiger partial charge < -0.3 is 5.73 Å². The third kappa shape index (κ3) is 3.09. The third-order valence-corrected chi connectivity index (χ3v) is 4.09. The van der Waals surface area contributed by atoms with Crippen molar-refractivity contribution in [2.24, 2.45) is 11.7 Å². The van der Waals surface area contributed by atoms with Crippen molar-refractivity contribution in [2.75, 3.05) is 13.1 Å². The zero-order valence-electron chi connectivity index (χ0n) is 10.6. The van der Waals surface area contributed by atoms with Crippen molar-refractivity contribution in [3.05, 3.63) is 34.3 Å². The molecule has 1 saturated heterocycles. The Morgan fingerprint density at radius 3 is 2.47 bits per heavy atom. The first-order chi connectivity index (χ1) is 8.08. The lowest BCUT2D eigenvalue weighted by Crippen LogP contribution is -2.38. The summed E-state index contributed by atoms with van der Waals surface area (Å²) in [6.07, 6.45) is 1.29. The van der Waals surface area contributed by atoms with E-state index in [1.807, 2.05) is 0 Å². The van der Waals surface area contributed by atoms with Crippen LogP contribution in [0, 0.1) is 5.92 Å². The van der Waals surface area contributed by atoms with E-state index < -0.39 is 0 Å². The second-order valence-corrected chi connectivity index (χ2v) is 6.16. The molecule has 3 atom stereocenters. The quantitative estimate of drug-likeness (QED) is 0.928. The molecule has 0 saturated carbocycles. The van der Waals surface area contributed by atoms with Gasteiger partial charge in [0, 0.05) is 23.1 Å². The molecule has 17 heavy (non-hydrogen) atoms. The van der Waals surface area contributed by atoms with Gasteiger partial charge in [0.05, 0.1) is 0 Å². The summed E-state index contributed by atoms with van der Waals surface area (Å²) in [5.74, 6) is 0.798. The van der Waals surface area contributed by atoms with Gasteiger partial charge in [-0.15, -0.1) is 0 Å². The highest BCUT2D eigenvalue weighted by molar-refractivity contribution is 9.10. The predicted octanol–water partition coefficient (Wildman–Crippen LogP) is 3.18. The minimum absolute atomic E-state index is 0.168. The highest BCUT2D eigenvalue weighted by Gasteiger charge is 2.29. The van der Waals surface area contributed by atoms with Gasteiger partial charge in [0.2, 0.25) is 0 Å². The summed E-state index contributed by atoms with van der Waals surface area (Å²) in [6, 6.07) is 9.09. The maximum Gasteiger partial charge on any atom is 0.0496 e. The van der Waals surface area contributed by atoms with Crippen molar-refractivity contribution in [2.45, 2.75) is 32.4 Å². The van der Waals surface area contributed by atoms with Crippen LogP contribution in [-0.4, -0.2) is 24.0 Å². The summed E-state index contributed by atoms with van der Waals surface area (Å²) in [6.45, 7) is 6.77. The second kappa shape index (κ2) is 5.51. The van der Waals surface area contributed by atoms with E-state index in [1.54, 1.807) is 0 Å². The maximum absolute atomic E-state index is 6.18. The number of nitrogens with zero attached hydrogens (tertiary/aromatic N) is 1. The third-order valence-electron chi connectivity index (χ3n) is 3.56. The molecular weight excluding hydrogens is 276 g/mol. The highest BCUT2D eigenvalue weighted by atomic mass is 79.9. The normalized spacial score (nSPS) is 24.8. The fourth-order valence-electron chi connectivity index (χ4n) is 2.73. The zero-order chi connectivity index (χ0) is 12.4. The van der Waals surface area contributed by atoms with Crippen LogP contribution >= 0.6 is 15.9 Å². The van der Waals surface area contributed by atoms with Crippen molar-refractivity contribution in [3.63, 3.8) is 0 Å². The first-order valence-electron chi connectivity index (χ1n) is 6.33. The smallest absolute Gasteiger partial charge is 0.0496 e. The largest absolute Gasteiger partial charge is 0.326 e. The van der Waals surface area contributed by atoms with Crippen LogP contribution in [0.2, 0.25) is 0 Å². The minimum atomic E-state index is 0.168. The van der Waals surface area contributed by atoms with E-state index in [-0.39, 0.29) is 6.04 Å². The first kappa shape index (κ1) is 13.1. The topological polar surface area (TPSA) is 29.3 Å². The molecule has 0 bridgehead atoms. The Balaban J connectivity index is 2.20. The second-order valence-electron chi connectivity index (χ2n) is 5.24. The number of rotatable bonds is 3. The zero-order valence-corrected chi connectivity index (χ0v) is 12.2. The Hall–Kier alpha value is -0.380. The number of nitrogens with two attached hydrogens (primary N) is 1. The van der Waals surface area contributed by atoms with Gasteiger partial charge in [-0.1, -0.05) is 35.0 Å². The molecule has 3 unspecified atom stereocenters. The van der Waals surface area contributed by atoms with E-state index in [9.17, 15) is 0 Å². The first-order valence-corrected chi connectivity index (χ1v) is 7.12. The van der Waals surface area contributed by atoms with Gasteiger partial charge in [-0.2, -0.15) is 0 Å². The predicted molar refractivity (Wildman–Crippen MR) is 75.9 cm³/mol. The van der Waals surface area contributed by atoms with Crippen molar-refractivity contribution >= 4 is 15.9 Å². The van der Waals surface area contributed by atoms with E-state index in [4.69, 9.17) is 5.73 Å². The van der Waals surface area contributed by atoms with Gasteiger partial charge in [0.25, 0.3) is 0 Å². The highest BCUT2D eigenvalue weighted by Crippen LogP contribution is 2.30. The van der Waals surface area contributed by atoms with E-state index in [2.05, 4.69) is 58.9 Å². The summed E-state index contributed by atoms with van der Waals surface area (Å²) < 4.78 is 1.12. The molecule has 1 fully saturated rings. The lowest BCUT2D eigenvalue weighted by molar-refractivity contribution is 0.213. The lowest BCUT2D eigenvalue weighted by Gasteiger charge is -2.31.